The molecule has 1 unspecified atom stereocenters. The number of H-pyrrole nitrogens is 1. The highest BCUT2D eigenvalue weighted by atomic mass is 15.0. The minimum Gasteiger partial charge on any atom is -0.387 e. The van der Waals surface area contributed by atoms with Gasteiger partial charge in [0.05, 0.1) is 5.84 Å². The molecule has 3 N–H and O–H groups in total. The third-order valence-corrected chi connectivity index (χ3v) is 2.05. The number of nitrogens with zero attached hydrogens (tertiary/aromatic N) is 2. The summed E-state index contributed by atoms with van der Waals surface area (Å²) in [6.45, 7) is 4.17. The second-order valence-electron chi connectivity index (χ2n) is 3.27. The van der Waals surface area contributed by atoms with Gasteiger partial charge < -0.3 is 10.7 Å². The fourth-order valence-corrected chi connectivity index (χ4v) is 1.33. The fourth-order valence-electron chi connectivity index (χ4n) is 1.33. The summed E-state index contributed by atoms with van der Waals surface area (Å²) in [6.07, 6.45) is 6.35. The molecular formula is C10H18N4. The smallest absolute Gasteiger partial charge is 0.130 e. The number of hydrogen-bond donors (Lipinski definition) is 2. The Morgan fingerprint density at radius 1 is 1.64 bits per heavy atom. The van der Waals surface area contributed by atoms with Gasteiger partial charge in [0, 0.05) is 18.8 Å². The molecule has 0 aromatic carbocycles. The summed E-state index contributed by atoms with van der Waals surface area (Å²) in [7, 11) is 0. The van der Waals surface area contributed by atoms with Crippen LogP contribution in [0.3, 0.4) is 0 Å². The number of imidazole rings is 1. The van der Waals surface area contributed by atoms with Crippen LogP contribution in [0.15, 0.2) is 17.4 Å². The fraction of sp³-hybridized carbons (Fsp3) is 0.600. The molecule has 0 aliphatic heterocycles. The van der Waals surface area contributed by atoms with Crippen LogP contribution in [0.1, 0.15) is 45.0 Å². The average Bonchev–Trinajstić information content (AvgIpc) is 2.67. The predicted octanol–water partition coefficient (Wildman–Crippen LogP) is 2.02. The van der Waals surface area contributed by atoms with E-state index in [4.69, 9.17) is 5.73 Å². The van der Waals surface area contributed by atoms with Gasteiger partial charge in [-0.15, -0.1) is 0 Å². The van der Waals surface area contributed by atoms with E-state index in [1.54, 1.807) is 6.20 Å². The van der Waals surface area contributed by atoms with Crippen molar-refractivity contribution in [1.82, 2.24) is 9.97 Å². The van der Waals surface area contributed by atoms with Gasteiger partial charge in [0.15, 0.2) is 0 Å². The first-order chi connectivity index (χ1) is 6.77. The third kappa shape index (κ3) is 2.87. The Morgan fingerprint density at radius 2 is 2.43 bits per heavy atom. The van der Waals surface area contributed by atoms with Gasteiger partial charge >= 0.3 is 0 Å². The molecule has 0 saturated carbocycles. The van der Waals surface area contributed by atoms with E-state index in [1.807, 2.05) is 6.20 Å². The molecule has 0 saturated heterocycles. The van der Waals surface area contributed by atoms with Gasteiger partial charge in [0.25, 0.3) is 0 Å². The van der Waals surface area contributed by atoms with Gasteiger partial charge in [-0.05, 0) is 12.8 Å². The van der Waals surface area contributed by atoms with Crippen LogP contribution >= 0.6 is 0 Å². The highest BCUT2D eigenvalue weighted by molar-refractivity contribution is 5.80. The van der Waals surface area contributed by atoms with E-state index in [1.165, 1.54) is 0 Å². The first-order valence-corrected chi connectivity index (χ1v) is 5.09. The van der Waals surface area contributed by atoms with Crippen LogP contribution in [0.4, 0.5) is 0 Å². The summed E-state index contributed by atoms with van der Waals surface area (Å²) in [5.74, 6) is 1.61. The van der Waals surface area contributed by atoms with E-state index in [2.05, 4.69) is 28.8 Å². The van der Waals surface area contributed by atoms with Crippen molar-refractivity contribution in [1.29, 1.82) is 0 Å². The molecule has 1 rings (SSSR count). The highest BCUT2D eigenvalue weighted by Gasteiger charge is 2.09. The molecule has 78 valence electrons. The normalized spacial score (nSPS) is 14.3. The Labute approximate surface area is 84.7 Å². The van der Waals surface area contributed by atoms with Crippen molar-refractivity contribution in [3.05, 3.63) is 18.2 Å². The van der Waals surface area contributed by atoms with Crippen molar-refractivity contribution in [3.8, 4) is 0 Å². The number of amidine groups is 1. The first-order valence-electron chi connectivity index (χ1n) is 5.09. The molecule has 4 nitrogen and oxygen atoms in total. The molecule has 0 amide bonds. The maximum Gasteiger partial charge on any atom is 0.130 e. The van der Waals surface area contributed by atoms with Crippen LogP contribution in [-0.2, 0) is 0 Å². The van der Waals surface area contributed by atoms with Crippen molar-refractivity contribution >= 4 is 5.84 Å². The number of aromatic amines is 1. The molecule has 0 radical (unpaired) electrons. The lowest BCUT2D eigenvalue weighted by Gasteiger charge is -2.08. The third-order valence-electron chi connectivity index (χ3n) is 2.05. The second kappa shape index (κ2) is 5.42. The number of hydrogen-bond acceptors (Lipinski definition) is 2. The molecule has 0 bridgehead atoms. The van der Waals surface area contributed by atoms with E-state index in [0.29, 0.717) is 0 Å². The van der Waals surface area contributed by atoms with Crippen molar-refractivity contribution in [2.75, 3.05) is 0 Å². The maximum atomic E-state index is 5.78. The van der Waals surface area contributed by atoms with E-state index in [0.717, 1.165) is 30.9 Å². The van der Waals surface area contributed by atoms with Gasteiger partial charge in [-0.1, -0.05) is 13.8 Å². The molecule has 1 heterocycles. The number of rotatable bonds is 5. The van der Waals surface area contributed by atoms with Gasteiger partial charge in [0.2, 0.25) is 0 Å². The summed E-state index contributed by atoms with van der Waals surface area (Å²) in [5.41, 5.74) is 5.78. The molecule has 1 aromatic heterocycles. The summed E-state index contributed by atoms with van der Waals surface area (Å²) >= 11 is 0. The van der Waals surface area contributed by atoms with Crippen LogP contribution in [0.5, 0.6) is 0 Å². The standard InChI is InChI=1S/C10H18N4/c1-3-5-9(11)14-8(4-2)10-12-6-7-13-10/h6-8H,3-5H2,1-2H3,(H2,11,14)(H,12,13). The van der Waals surface area contributed by atoms with Crippen molar-refractivity contribution in [3.63, 3.8) is 0 Å². The van der Waals surface area contributed by atoms with Gasteiger partial charge in [-0.3, -0.25) is 4.99 Å². The number of nitrogens with one attached hydrogen (secondary N) is 1. The zero-order chi connectivity index (χ0) is 10.4. The topological polar surface area (TPSA) is 67.1 Å². The second-order valence-corrected chi connectivity index (χ2v) is 3.27. The number of aromatic nitrogens is 2. The summed E-state index contributed by atoms with van der Waals surface area (Å²) in [4.78, 5) is 11.7. The predicted molar refractivity (Wildman–Crippen MR) is 58.2 cm³/mol. The molecule has 1 atom stereocenters. The van der Waals surface area contributed by atoms with Crippen LogP contribution in [0.2, 0.25) is 0 Å². The summed E-state index contributed by atoms with van der Waals surface area (Å²) in [5, 5.41) is 0. The van der Waals surface area contributed by atoms with Crippen LogP contribution < -0.4 is 5.73 Å². The van der Waals surface area contributed by atoms with E-state index >= 15 is 0 Å². The minimum absolute atomic E-state index is 0.0801. The van der Waals surface area contributed by atoms with Crippen molar-refractivity contribution in [2.45, 2.75) is 39.2 Å². The Kier molecular flexibility index (Phi) is 4.16. The SMILES string of the molecule is CCCC(N)=NC(CC)c1ncc[nH]1. The average molecular weight is 194 g/mol. The first kappa shape index (κ1) is 10.8. The van der Waals surface area contributed by atoms with Gasteiger partial charge in [-0.2, -0.15) is 0 Å². The Morgan fingerprint density at radius 3 is 2.93 bits per heavy atom. The van der Waals surface area contributed by atoms with Crippen LogP contribution in [0.25, 0.3) is 0 Å². The van der Waals surface area contributed by atoms with Crippen molar-refractivity contribution < 1.29 is 0 Å². The quantitative estimate of drug-likeness (QED) is 0.556. The zero-order valence-electron chi connectivity index (χ0n) is 8.83. The zero-order valence-corrected chi connectivity index (χ0v) is 8.83. The molecule has 1 aromatic rings. The molecule has 0 aliphatic rings. The number of aliphatic imine (C=N–C) groups is 1. The molecule has 14 heavy (non-hydrogen) atoms. The lowest BCUT2D eigenvalue weighted by atomic mass is 10.2. The van der Waals surface area contributed by atoms with Crippen LogP contribution in [-0.4, -0.2) is 15.8 Å². The molecular weight excluding hydrogens is 176 g/mol. The lowest BCUT2D eigenvalue weighted by Crippen LogP contribution is -2.13. The molecule has 0 spiro atoms. The monoisotopic (exact) mass is 194 g/mol. The van der Waals surface area contributed by atoms with E-state index in [-0.39, 0.29) is 6.04 Å². The van der Waals surface area contributed by atoms with Gasteiger partial charge in [-0.25, -0.2) is 4.98 Å². The Hall–Kier alpha value is -1.32. The Bertz CT molecular complexity index is 276. The summed E-state index contributed by atoms with van der Waals surface area (Å²) < 4.78 is 0. The number of nitrogens with two attached hydrogens (primary N) is 1. The van der Waals surface area contributed by atoms with E-state index < -0.39 is 0 Å². The van der Waals surface area contributed by atoms with Gasteiger partial charge in [0.1, 0.15) is 11.9 Å². The molecule has 4 heteroatoms. The van der Waals surface area contributed by atoms with Crippen molar-refractivity contribution in [2.24, 2.45) is 10.7 Å². The van der Waals surface area contributed by atoms with Crippen LogP contribution in [0, 0.1) is 0 Å². The maximum absolute atomic E-state index is 5.78. The molecule has 0 fully saturated rings. The highest BCUT2D eigenvalue weighted by Crippen LogP contribution is 2.16. The Balaban J connectivity index is 2.68. The summed E-state index contributed by atoms with van der Waals surface area (Å²) in [6, 6.07) is 0.0801. The lowest BCUT2D eigenvalue weighted by molar-refractivity contribution is 0.656. The minimum atomic E-state index is 0.0801. The van der Waals surface area contributed by atoms with E-state index in [9.17, 15) is 0 Å². The molecule has 0 aliphatic carbocycles. The largest absolute Gasteiger partial charge is 0.387 e.